The number of amides is 1. The van der Waals surface area contributed by atoms with Crippen molar-refractivity contribution in [1.29, 1.82) is 0 Å². The fourth-order valence-electron chi connectivity index (χ4n) is 3.67. The first kappa shape index (κ1) is 19.1. The minimum Gasteiger partial charge on any atom is -0.341 e. The maximum atomic E-state index is 12.4. The van der Waals surface area contributed by atoms with E-state index in [4.69, 9.17) is 0 Å². The molecule has 0 spiro atoms. The lowest BCUT2D eigenvalue weighted by Gasteiger charge is -2.30. The van der Waals surface area contributed by atoms with Gasteiger partial charge in [0.05, 0.1) is 5.92 Å². The van der Waals surface area contributed by atoms with Gasteiger partial charge in [-0.1, -0.05) is 58.3 Å². The van der Waals surface area contributed by atoms with Crippen LogP contribution < -0.4 is 0 Å². The number of carbonyl (C=O) groups excluding carboxylic acids is 1. The Kier molecular flexibility index (Phi) is 8.48. The predicted octanol–water partition coefficient (Wildman–Crippen LogP) is 4.98. The molecule has 2 rings (SSSR count). The van der Waals surface area contributed by atoms with Crippen LogP contribution in [0.3, 0.4) is 0 Å². The molecule has 1 saturated heterocycles. The molecule has 24 heavy (non-hydrogen) atoms. The molecule has 136 valence electrons. The van der Waals surface area contributed by atoms with Crippen LogP contribution in [0.1, 0.15) is 90.9 Å². The third kappa shape index (κ3) is 6.03. The SMILES string of the molecule is CCCCCCCCCCC1C(=O)N=C(N2CCCCC2)N=C1C. The van der Waals surface area contributed by atoms with E-state index in [1.54, 1.807) is 0 Å². The zero-order chi connectivity index (χ0) is 17.2. The van der Waals surface area contributed by atoms with E-state index in [-0.39, 0.29) is 11.8 Å². The van der Waals surface area contributed by atoms with Gasteiger partial charge in [0.1, 0.15) is 0 Å². The van der Waals surface area contributed by atoms with E-state index >= 15 is 0 Å². The van der Waals surface area contributed by atoms with E-state index < -0.39 is 0 Å². The summed E-state index contributed by atoms with van der Waals surface area (Å²) in [5, 5.41) is 0. The molecule has 4 nitrogen and oxygen atoms in total. The second kappa shape index (κ2) is 10.6. The molecular weight excluding hydrogens is 298 g/mol. The second-order valence-electron chi connectivity index (χ2n) is 7.37. The van der Waals surface area contributed by atoms with Crippen molar-refractivity contribution in [2.45, 2.75) is 90.9 Å². The fourth-order valence-corrected chi connectivity index (χ4v) is 3.67. The fraction of sp³-hybridized carbons (Fsp3) is 0.850. The lowest BCUT2D eigenvalue weighted by molar-refractivity contribution is -0.120. The van der Waals surface area contributed by atoms with Gasteiger partial charge in [-0.05, 0) is 32.6 Å². The Balaban J connectivity index is 1.68. The second-order valence-corrected chi connectivity index (χ2v) is 7.37. The number of aliphatic imine (C=N–C) groups is 2. The molecule has 0 radical (unpaired) electrons. The van der Waals surface area contributed by atoms with E-state index in [9.17, 15) is 4.79 Å². The van der Waals surface area contributed by atoms with E-state index in [1.807, 2.05) is 6.92 Å². The third-order valence-electron chi connectivity index (χ3n) is 5.27. The Hall–Kier alpha value is -1.19. The van der Waals surface area contributed by atoms with Gasteiger partial charge in [0.15, 0.2) is 0 Å². The number of likely N-dealkylation sites (tertiary alicyclic amines) is 1. The summed E-state index contributed by atoms with van der Waals surface area (Å²) in [6, 6.07) is 0. The quantitative estimate of drug-likeness (QED) is 0.559. The normalized spacial score (nSPS) is 21.7. The molecule has 2 heterocycles. The summed E-state index contributed by atoms with van der Waals surface area (Å²) in [6.45, 7) is 6.24. The molecule has 0 aromatic heterocycles. The highest BCUT2D eigenvalue weighted by atomic mass is 16.1. The largest absolute Gasteiger partial charge is 0.341 e. The van der Waals surface area contributed by atoms with Crippen molar-refractivity contribution < 1.29 is 4.79 Å². The van der Waals surface area contributed by atoms with Crippen LogP contribution in [0.4, 0.5) is 0 Å². The first-order chi connectivity index (χ1) is 11.7. The van der Waals surface area contributed by atoms with Gasteiger partial charge in [-0.2, -0.15) is 4.99 Å². The van der Waals surface area contributed by atoms with Crippen molar-refractivity contribution in [3.05, 3.63) is 0 Å². The molecule has 1 unspecified atom stereocenters. The zero-order valence-electron chi connectivity index (χ0n) is 15.7. The van der Waals surface area contributed by atoms with Gasteiger partial charge in [0, 0.05) is 18.8 Å². The van der Waals surface area contributed by atoms with Gasteiger partial charge in [-0.25, -0.2) is 4.99 Å². The van der Waals surface area contributed by atoms with Crippen molar-refractivity contribution in [3.8, 4) is 0 Å². The van der Waals surface area contributed by atoms with Crippen molar-refractivity contribution in [2.75, 3.05) is 13.1 Å². The van der Waals surface area contributed by atoms with E-state index in [2.05, 4.69) is 21.8 Å². The van der Waals surface area contributed by atoms with Gasteiger partial charge >= 0.3 is 0 Å². The smallest absolute Gasteiger partial charge is 0.257 e. The molecule has 1 atom stereocenters. The number of nitrogens with zero attached hydrogens (tertiary/aromatic N) is 3. The molecule has 0 aromatic rings. The molecule has 1 fully saturated rings. The maximum absolute atomic E-state index is 12.4. The minimum atomic E-state index is -0.0707. The summed E-state index contributed by atoms with van der Waals surface area (Å²) in [5.41, 5.74) is 0.971. The molecule has 2 aliphatic rings. The van der Waals surface area contributed by atoms with Gasteiger partial charge < -0.3 is 4.90 Å². The van der Waals surface area contributed by atoms with Crippen LogP contribution >= 0.6 is 0 Å². The number of carbonyl (C=O) groups is 1. The Morgan fingerprint density at radius 2 is 1.54 bits per heavy atom. The molecule has 4 heteroatoms. The topological polar surface area (TPSA) is 45.0 Å². The lowest BCUT2D eigenvalue weighted by Crippen LogP contribution is -2.39. The highest BCUT2D eigenvalue weighted by molar-refractivity contribution is 6.14. The van der Waals surface area contributed by atoms with Crippen molar-refractivity contribution >= 4 is 17.6 Å². The number of piperidine rings is 1. The maximum Gasteiger partial charge on any atom is 0.257 e. The Labute approximate surface area is 147 Å². The van der Waals surface area contributed by atoms with Crippen LogP contribution in [-0.2, 0) is 4.79 Å². The van der Waals surface area contributed by atoms with Crippen LogP contribution in [-0.4, -0.2) is 35.6 Å². The molecule has 0 bridgehead atoms. The summed E-state index contributed by atoms with van der Waals surface area (Å²) in [4.78, 5) is 23.5. The molecule has 0 aromatic carbocycles. The first-order valence-corrected chi connectivity index (χ1v) is 10.1. The highest BCUT2D eigenvalue weighted by Crippen LogP contribution is 2.20. The third-order valence-corrected chi connectivity index (χ3v) is 5.27. The summed E-state index contributed by atoms with van der Waals surface area (Å²) in [7, 11) is 0. The lowest BCUT2D eigenvalue weighted by atomic mass is 9.94. The van der Waals surface area contributed by atoms with Gasteiger partial charge in [-0.3, -0.25) is 4.79 Å². The van der Waals surface area contributed by atoms with Crippen molar-refractivity contribution in [1.82, 2.24) is 4.90 Å². The van der Waals surface area contributed by atoms with Crippen LogP contribution in [0.25, 0.3) is 0 Å². The number of hydrogen-bond donors (Lipinski definition) is 0. The van der Waals surface area contributed by atoms with Gasteiger partial charge in [-0.15, -0.1) is 0 Å². The summed E-state index contributed by atoms with van der Waals surface area (Å²) >= 11 is 0. The average Bonchev–Trinajstić information content (AvgIpc) is 2.60. The number of rotatable bonds is 9. The zero-order valence-corrected chi connectivity index (χ0v) is 15.7. The molecule has 0 saturated carbocycles. The van der Waals surface area contributed by atoms with Crippen molar-refractivity contribution in [3.63, 3.8) is 0 Å². The Bertz CT molecular complexity index is 450. The van der Waals surface area contributed by atoms with Crippen LogP contribution in [0, 0.1) is 5.92 Å². The molecule has 0 aliphatic carbocycles. The van der Waals surface area contributed by atoms with Crippen LogP contribution in [0.15, 0.2) is 9.98 Å². The highest BCUT2D eigenvalue weighted by Gasteiger charge is 2.28. The average molecular weight is 334 g/mol. The number of hydrogen-bond acceptors (Lipinski definition) is 3. The van der Waals surface area contributed by atoms with E-state index in [0.717, 1.165) is 31.6 Å². The van der Waals surface area contributed by atoms with E-state index in [1.165, 1.54) is 64.2 Å². The Morgan fingerprint density at radius 1 is 0.917 bits per heavy atom. The number of guanidine groups is 1. The summed E-state index contributed by atoms with van der Waals surface area (Å²) in [6.07, 6.45) is 14.9. The Morgan fingerprint density at radius 3 is 2.17 bits per heavy atom. The monoisotopic (exact) mass is 333 g/mol. The van der Waals surface area contributed by atoms with Gasteiger partial charge in [0.25, 0.3) is 5.91 Å². The molecule has 1 amide bonds. The molecular formula is C20H35N3O. The molecule has 2 aliphatic heterocycles. The van der Waals surface area contributed by atoms with Gasteiger partial charge in [0.2, 0.25) is 5.96 Å². The van der Waals surface area contributed by atoms with Crippen LogP contribution in [0.2, 0.25) is 0 Å². The molecule has 0 N–H and O–H groups in total. The summed E-state index contributed by atoms with van der Waals surface area (Å²) < 4.78 is 0. The first-order valence-electron chi connectivity index (χ1n) is 10.1. The van der Waals surface area contributed by atoms with Crippen LogP contribution in [0.5, 0.6) is 0 Å². The summed E-state index contributed by atoms with van der Waals surface area (Å²) in [5.74, 6) is 0.633. The van der Waals surface area contributed by atoms with Crippen molar-refractivity contribution in [2.24, 2.45) is 15.9 Å². The number of unbranched alkanes of at least 4 members (excludes halogenated alkanes) is 7. The predicted molar refractivity (Wildman–Crippen MR) is 102 cm³/mol. The minimum absolute atomic E-state index is 0.0334. The standard InChI is InChI=1S/C20H35N3O/c1-3-4-5-6-7-8-9-11-14-18-17(2)21-20(22-19(18)24)23-15-12-10-13-16-23/h18H,3-16H2,1-2H3. The van der Waals surface area contributed by atoms with E-state index in [0.29, 0.717) is 5.96 Å².